The first-order chi connectivity index (χ1) is 3.79. The first-order valence-electron chi connectivity index (χ1n) is 2.05. The smallest absolute Gasteiger partial charge is 0.242 e. The van der Waals surface area contributed by atoms with Gasteiger partial charge >= 0.3 is 6.03 Å². The van der Waals surface area contributed by atoms with Crippen molar-refractivity contribution >= 4 is 6.03 Å². The molecule has 0 atom stereocenters. The highest BCUT2D eigenvalue weighted by Gasteiger charge is 2.02. The van der Waals surface area contributed by atoms with Crippen molar-refractivity contribution in [3.8, 4) is 0 Å². The molecule has 0 aromatic rings. The van der Waals surface area contributed by atoms with Gasteiger partial charge in [0.15, 0.2) is 0 Å². The van der Waals surface area contributed by atoms with Crippen molar-refractivity contribution in [2.45, 2.75) is 6.92 Å². The molecule has 0 aliphatic carbocycles. The summed E-state index contributed by atoms with van der Waals surface area (Å²) in [5.41, 5.74) is 0.532. The van der Waals surface area contributed by atoms with E-state index in [0.717, 1.165) is 0 Å². The van der Waals surface area contributed by atoms with Gasteiger partial charge in [0.1, 0.15) is 6.20 Å². The van der Waals surface area contributed by atoms with Crippen molar-refractivity contribution < 1.29 is 4.79 Å². The number of allylic oxidation sites excluding steroid dienone is 1. The molecule has 0 saturated heterocycles. The Hall–Kier alpha value is -1.19. The lowest BCUT2D eigenvalue weighted by molar-refractivity contribution is 0.249. The zero-order valence-corrected chi connectivity index (χ0v) is 4.25. The van der Waals surface area contributed by atoms with Crippen molar-refractivity contribution in [1.29, 1.82) is 0 Å². The predicted octanol–water partition coefficient (Wildman–Crippen LogP) is 0.841. The van der Waals surface area contributed by atoms with Gasteiger partial charge in [-0.2, -0.15) is 5.32 Å². The summed E-state index contributed by atoms with van der Waals surface area (Å²) in [6.45, 7) is 1.67. The SMILES string of the molecule is CC1=[C][N]C(=O)N=N1. The van der Waals surface area contributed by atoms with E-state index in [2.05, 4.69) is 21.7 Å². The van der Waals surface area contributed by atoms with Crippen LogP contribution in [-0.2, 0) is 0 Å². The summed E-state index contributed by atoms with van der Waals surface area (Å²) in [6.07, 6.45) is 2.36. The molecular weight excluding hydrogens is 106 g/mol. The Morgan fingerprint density at radius 2 is 2.25 bits per heavy atom. The molecule has 1 aliphatic rings. The molecule has 0 aromatic heterocycles. The van der Waals surface area contributed by atoms with E-state index in [-0.39, 0.29) is 0 Å². The second-order valence-corrected chi connectivity index (χ2v) is 1.29. The van der Waals surface area contributed by atoms with E-state index in [1.54, 1.807) is 6.92 Å². The fourth-order valence-electron chi connectivity index (χ4n) is 0.291. The van der Waals surface area contributed by atoms with E-state index >= 15 is 0 Å². The van der Waals surface area contributed by atoms with Crippen LogP contribution >= 0.6 is 0 Å². The van der Waals surface area contributed by atoms with Gasteiger partial charge in [0.25, 0.3) is 0 Å². The molecule has 1 rings (SSSR count). The summed E-state index contributed by atoms with van der Waals surface area (Å²) in [5.74, 6) is 0. The summed E-state index contributed by atoms with van der Waals surface area (Å²) in [7, 11) is 0. The molecule has 8 heavy (non-hydrogen) atoms. The summed E-state index contributed by atoms with van der Waals surface area (Å²) in [4.78, 5) is 10.1. The lowest BCUT2D eigenvalue weighted by Crippen LogP contribution is -2.07. The van der Waals surface area contributed by atoms with Gasteiger partial charge in [0.2, 0.25) is 0 Å². The number of carbonyl (C=O) groups excluding carboxylic acids is 1. The number of hydrogen-bond acceptors (Lipinski definition) is 2. The van der Waals surface area contributed by atoms with Crippen LogP contribution < -0.4 is 5.32 Å². The minimum Gasteiger partial charge on any atom is -0.242 e. The van der Waals surface area contributed by atoms with Crippen molar-refractivity contribution in [3.05, 3.63) is 11.9 Å². The quantitative estimate of drug-likeness (QED) is 0.454. The normalized spacial score (nSPS) is 17.6. The lowest BCUT2D eigenvalue weighted by Gasteiger charge is -1.93. The summed E-state index contributed by atoms with van der Waals surface area (Å²) < 4.78 is 0. The Morgan fingerprint density at radius 3 is 2.62 bits per heavy atom. The molecule has 2 radical (unpaired) electrons. The maximum absolute atomic E-state index is 10.1. The fourth-order valence-corrected chi connectivity index (χ4v) is 0.291. The molecule has 2 amide bonds. The Balaban J connectivity index is 2.71. The maximum Gasteiger partial charge on any atom is 0.386 e. The number of rotatable bonds is 0. The van der Waals surface area contributed by atoms with Gasteiger partial charge in [-0.1, -0.05) is 5.11 Å². The summed E-state index contributed by atoms with van der Waals surface area (Å²) in [5, 5.41) is 9.75. The van der Waals surface area contributed by atoms with Crippen LogP contribution in [0.25, 0.3) is 0 Å². The third-order valence-electron chi connectivity index (χ3n) is 0.599. The fraction of sp³-hybridized carbons (Fsp3) is 0.250. The molecule has 0 fully saturated rings. The molecule has 40 valence electrons. The average Bonchev–Trinajstić information content (AvgIpc) is 1.77. The van der Waals surface area contributed by atoms with Gasteiger partial charge in [-0.15, -0.1) is 5.11 Å². The van der Waals surface area contributed by atoms with Crippen LogP contribution in [0, 0.1) is 6.20 Å². The van der Waals surface area contributed by atoms with E-state index in [9.17, 15) is 4.79 Å². The molecule has 1 aliphatic heterocycles. The van der Waals surface area contributed by atoms with E-state index in [4.69, 9.17) is 0 Å². The van der Waals surface area contributed by atoms with E-state index in [1.165, 1.54) is 0 Å². The number of carbonyl (C=O) groups is 1. The second-order valence-electron chi connectivity index (χ2n) is 1.29. The summed E-state index contributed by atoms with van der Waals surface area (Å²) >= 11 is 0. The summed E-state index contributed by atoms with van der Waals surface area (Å²) in [6, 6.07) is -0.587. The molecular formula is C4H3N3O. The first kappa shape index (κ1) is 4.96. The van der Waals surface area contributed by atoms with Crippen molar-refractivity contribution in [2.75, 3.05) is 0 Å². The lowest BCUT2D eigenvalue weighted by atomic mass is 10.5. The highest BCUT2D eigenvalue weighted by molar-refractivity contribution is 5.75. The molecule has 4 heteroatoms. The molecule has 0 spiro atoms. The van der Waals surface area contributed by atoms with Gasteiger partial charge in [0.05, 0.1) is 5.70 Å². The molecule has 1 heterocycles. The third-order valence-corrected chi connectivity index (χ3v) is 0.599. The van der Waals surface area contributed by atoms with Crippen LogP contribution in [0.3, 0.4) is 0 Å². The van der Waals surface area contributed by atoms with Crippen LogP contribution in [-0.4, -0.2) is 6.03 Å². The maximum atomic E-state index is 10.1. The molecule has 0 aromatic carbocycles. The number of nitrogens with zero attached hydrogens (tertiary/aromatic N) is 3. The van der Waals surface area contributed by atoms with Crippen molar-refractivity contribution in [3.63, 3.8) is 0 Å². The zero-order chi connectivity index (χ0) is 5.98. The van der Waals surface area contributed by atoms with E-state index in [1.807, 2.05) is 0 Å². The number of azo groups is 1. The Kier molecular flexibility index (Phi) is 1.07. The van der Waals surface area contributed by atoms with Crippen LogP contribution in [0.1, 0.15) is 6.92 Å². The molecule has 0 bridgehead atoms. The minimum absolute atomic E-state index is 0.532. The topological polar surface area (TPSA) is 55.9 Å². The van der Waals surface area contributed by atoms with Crippen LogP contribution in [0.4, 0.5) is 4.79 Å². The molecule has 0 N–H and O–H groups in total. The predicted molar refractivity (Wildman–Crippen MR) is 24.8 cm³/mol. The number of hydrogen-bond donors (Lipinski definition) is 0. The van der Waals surface area contributed by atoms with Crippen LogP contribution in [0.2, 0.25) is 0 Å². The standard InChI is InChI=1S/C4H3N3O/c1-3-2-5-4(8)7-6-3/h1H3. The van der Waals surface area contributed by atoms with Gasteiger partial charge in [-0.3, -0.25) is 0 Å². The monoisotopic (exact) mass is 109 g/mol. The van der Waals surface area contributed by atoms with Crippen LogP contribution in [0.15, 0.2) is 15.9 Å². The van der Waals surface area contributed by atoms with E-state index < -0.39 is 6.03 Å². The zero-order valence-electron chi connectivity index (χ0n) is 4.25. The van der Waals surface area contributed by atoms with Gasteiger partial charge in [-0.25, -0.2) is 4.79 Å². The first-order valence-corrected chi connectivity index (χ1v) is 2.05. The number of urea groups is 1. The largest absolute Gasteiger partial charge is 0.386 e. The van der Waals surface area contributed by atoms with Crippen LogP contribution in [0.5, 0.6) is 0 Å². The molecule has 4 nitrogen and oxygen atoms in total. The Morgan fingerprint density at radius 1 is 1.50 bits per heavy atom. The van der Waals surface area contributed by atoms with Gasteiger partial charge < -0.3 is 0 Å². The second kappa shape index (κ2) is 1.73. The highest BCUT2D eigenvalue weighted by Crippen LogP contribution is 1.98. The van der Waals surface area contributed by atoms with Gasteiger partial charge in [-0.05, 0) is 6.92 Å². The van der Waals surface area contributed by atoms with E-state index in [0.29, 0.717) is 5.70 Å². The Bertz CT molecular complexity index is 167. The van der Waals surface area contributed by atoms with Crippen molar-refractivity contribution in [1.82, 2.24) is 5.32 Å². The minimum atomic E-state index is -0.587. The van der Waals surface area contributed by atoms with Crippen molar-refractivity contribution in [2.24, 2.45) is 10.2 Å². The average molecular weight is 109 g/mol. The molecule has 0 unspecified atom stereocenters. The molecule has 0 saturated carbocycles. The van der Waals surface area contributed by atoms with Gasteiger partial charge in [0, 0.05) is 0 Å². The third kappa shape index (κ3) is 0.900. The number of amides is 2. The Labute approximate surface area is 46.3 Å². The highest BCUT2D eigenvalue weighted by atomic mass is 16.2.